The van der Waals surface area contributed by atoms with E-state index in [0.29, 0.717) is 11.8 Å². The van der Waals surface area contributed by atoms with Gasteiger partial charge >= 0.3 is 0 Å². The Hall–Kier alpha value is -6.00. The maximum absolute atomic E-state index is 5.09. The van der Waals surface area contributed by atoms with E-state index in [9.17, 15) is 0 Å². The van der Waals surface area contributed by atoms with E-state index in [-0.39, 0.29) is 0 Å². The van der Waals surface area contributed by atoms with Crippen molar-refractivity contribution in [2.24, 2.45) is 10.9 Å². The van der Waals surface area contributed by atoms with E-state index in [0.717, 1.165) is 74.4 Å². The molecule has 2 atom stereocenters. The lowest BCUT2D eigenvalue weighted by Gasteiger charge is -2.19. The van der Waals surface area contributed by atoms with Gasteiger partial charge in [-0.1, -0.05) is 98.0 Å². The number of allylic oxidation sites excluding steroid dienone is 4. The van der Waals surface area contributed by atoms with Gasteiger partial charge in [0.2, 0.25) is 0 Å². The minimum absolute atomic E-state index is 0.363. The fraction of sp³-hybridized carbons (Fsp3) is 0.130. The van der Waals surface area contributed by atoms with Crippen molar-refractivity contribution in [3.8, 4) is 33.5 Å². The Balaban J connectivity index is 0.976. The number of rotatable bonds is 4. The van der Waals surface area contributed by atoms with Crippen LogP contribution in [0.2, 0.25) is 0 Å². The summed E-state index contributed by atoms with van der Waals surface area (Å²) in [5.41, 5.74) is 13.7. The first-order chi connectivity index (χ1) is 24.7. The largest absolute Gasteiger partial charge is 0.265 e. The second kappa shape index (κ2) is 12.8. The van der Waals surface area contributed by atoms with E-state index in [1.807, 2.05) is 36.8 Å². The van der Waals surface area contributed by atoms with Crippen LogP contribution >= 0.6 is 0 Å². The van der Waals surface area contributed by atoms with Crippen molar-refractivity contribution in [1.29, 1.82) is 0 Å². The van der Waals surface area contributed by atoms with Crippen LogP contribution in [-0.4, -0.2) is 20.7 Å². The lowest BCUT2D eigenvalue weighted by molar-refractivity contribution is 0.628. The molecule has 0 radical (unpaired) electrons. The summed E-state index contributed by atoms with van der Waals surface area (Å²) in [5.74, 6) is 0.796. The summed E-state index contributed by atoms with van der Waals surface area (Å²) >= 11 is 0. The molecule has 1 aliphatic carbocycles. The third-order valence-corrected chi connectivity index (χ3v) is 10.3. The third-order valence-electron chi connectivity index (χ3n) is 10.3. The maximum atomic E-state index is 5.09. The van der Waals surface area contributed by atoms with Gasteiger partial charge in [0.05, 0.1) is 22.2 Å². The van der Waals surface area contributed by atoms with Crippen molar-refractivity contribution >= 4 is 44.5 Å². The third kappa shape index (κ3) is 5.63. The van der Waals surface area contributed by atoms with Gasteiger partial charge in [-0.3, -0.25) is 15.0 Å². The SMILES string of the molecule is CC1CC(/C2=N/C=C\C=C/CC2)C=Cc2ccc(-c3ccc4nc(-c5ccc(-c6cc7cccnc7c7ncccc67)cc5)ccc4c3)cc21. The quantitative estimate of drug-likeness (QED) is 0.179. The molecule has 7 aromatic rings. The topological polar surface area (TPSA) is 51.0 Å². The molecule has 4 aromatic carbocycles. The molecule has 0 saturated carbocycles. The van der Waals surface area contributed by atoms with Crippen molar-refractivity contribution in [3.05, 3.63) is 157 Å². The number of aromatic nitrogens is 3. The highest BCUT2D eigenvalue weighted by molar-refractivity contribution is 6.10. The van der Waals surface area contributed by atoms with E-state index in [2.05, 4.69) is 132 Å². The lowest BCUT2D eigenvalue weighted by Crippen LogP contribution is -2.14. The first-order valence-corrected chi connectivity index (χ1v) is 17.5. The number of pyridine rings is 3. The number of hydrogen-bond donors (Lipinski definition) is 0. The van der Waals surface area contributed by atoms with Gasteiger partial charge in [-0.2, -0.15) is 0 Å². The van der Waals surface area contributed by atoms with Crippen LogP contribution in [0.5, 0.6) is 0 Å². The van der Waals surface area contributed by atoms with Gasteiger partial charge < -0.3 is 0 Å². The molecule has 0 N–H and O–H groups in total. The van der Waals surface area contributed by atoms with Gasteiger partial charge in [0.15, 0.2) is 0 Å². The first-order valence-electron chi connectivity index (χ1n) is 17.5. The molecule has 4 heterocycles. The Morgan fingerprint density at radius 1 is 0.680 bits per heavy atom. The highest BCUT2D eigenvalue weighted by Crippen LogP contribution is 2.37. The average Bonchev–Trinajstić information content (AvgIpc) is 3.32. The zero-order valence-electron chi connectivity index (χ0n) is 28.0. The minimum Gasteiger partial charge on any atom is -0.265 e. The van der Waals surface area contributed by atoms with Crippen LogP contribution < -0.4 is 0 Å². The normalized spacial score (nSPS) is 19.7. The second-order valence-electron chi connectivity index (χ2n) is 13.5. The molecule has 4 nitrogen and oxygen atoms in total. The van der Waals surface area contributed by atoms with Gasteiger partial charge in [-0.25, -0.2) is 4.98 Å². The highest BCUT2D eigenvalue weighted by Gasteiger charge is 2.22. The maximum Gasteiger partial charge on any atom is 0.0970 e. The van der Waals surface area contributed by atoms with Gasteiger partial charge in [0.1, 0.15) is 0 Å². The van der Waals surface area contributed by atoms with Crippen LogP contribution in [0.1, 0.15) is 43.2 Å². The molecule has 0 amide bonds. The molecular formula is C46H36N4. The Labute approximate surface area is 292 Å². The molecule has 1 aliphatic heterocycles. The Morgan fingerprint density at radius 3 is 2.40 bits per heavy atom. The zero-order chi connectivity index (χ0) is 33.4. The Bertz CT molecular complexity index is 2540. The van der Waals surface area contributed by atoms with Crippen molar-refractivity contribution in [1.82, 2.24) is 15.0 Å². The predicted octanol–water partition coefficient (Wildman–Crippen LogP) is 11.8. The lowest BCUT2D eigenvalue weighted by atomic mass is 9.86. The summed E-state index contributed by atoms with van der Waals surface area (Å²) in [6.07, 6.45) is 19.8. The van der Waals surface area contributed by atoms with E-state index >= 15 is 0 Å². The molecule has 0 saturated heterocycles. The van der Waals surface area contributed by atoms with Gasteiger partial charge in [0.25, 0.3) is 0 Å². The number of benzene rings is 4. The highest BCUT2D eigenvalue weighted by atomic mass is 14.7. The van der Waals surface area contributed by atoms with Crippen LogP contribution in [0.4, 0.5) is 0 Å². The molecule has 2 unspecified atom stereocenters. The monoisotopic (exact) mass is 644 g/mol. The van der Waals surface area contributed by atoms with Gasteiger partial charge in [0, 0.05) is 51.9 Å². The van der Waals surface area contributed by atoms with E-state index in [4.69, 9.17) is 9.98 Å². The van der Waals surface area contributed by atoms with Crippen molar-refractivity contribution in [3.63, 3.8) is 0 Å². The molecule has 3 aromatic heterocycles. The second-order valence-corrected chi connectivity index (χ2v) is 13.5. The Kier molecular flexibility index (Phi) is 7.70. The fourth-order valence-electron chi connectivity index (χ4n) is 7.63. The molecule has 0 fully saturated rings. The van der Waals surface area contributed by atoms with E-state index < -0.39 is 0 Å². The fourth-order valence-corrected chi connectivity index (χ4v) is 7.63. The van der Waals surface area contributed by atoms with E-state index in [1.54, 1.807) is 0 Å². The number of nitrogens with zero attached hydrogens (tertiary/aromatic N) is 4. The smallest absolute Gasteiger partial charge is 0.0970 e. The van der Waals surface area contributed by atoms with Crippen LogP contribution in [0.3, 0.4) is 0 Å². The zero-order valence-corrected chi connectivity index (χ0v) is 28.0. The van der Waals surface area contributed by atoms with Crippen LogP contribution in [0.15, 0.2) is 151 Å². The summed E-state index contributed by atoms with van der Waals surface area (Å²) in [7, 11) is 0. The summed E-state index contributed by atoms with van der Waals surface area (Å²) in [4.78, 5) is 19.2. The number of hydrogen-bond acceptors (Lipinski definition) is 4. The van der Waals surface area contributed by atoms with Crippen molar-refractivity contribution in [2.45, 2.75) is 32.1 Å². The molecular weight excluding hydrogens is 609 g/mol. The van der Waals surface area contributed by atoms with Crippen LogP contribution in [0, 0.1) is 5.92 Å². The summed E-state index contributed by atoms with van der Waals surface area (Å²) in [6, 6.07) is 37.0. The molecule has 240 valence electrons. The summed E-state index contributed by atoms with van der Waals surface area (Å²) < 4.78 is 0. The Morgan fingerprint density at radius 2 is 1.48 bits per heavy atom. The summed E-state index contributed by atoms with van der Waals surface area (Å²) in [5, 5.41) is 3.33. The number of fused-ring (bicyclic) bond motifs is 5. The number of aliphatic imine (C=N–C) groups is 1. The van der Waals surface area contributed by atoms with Crippen molar-refractivity contribution in [2.75, 3.05) is 0 Å². The van der Waals surface area contributed by atoms with E-state index in [1.165, 1.54) is 28.0 Å². The molecule has 50 heavy (non-hydrogen) atoms. The molecule has 0 bridgehead atoms. The van der Waals surface area contributed by atoms with Gasteiger partial charge in [-0.15, -0.1) is 0 Å². The van der Waals surface area contributed by atoms with Crippen LogP contribution in [-0.2, 0) is 0 Å². The first kappa shape index (κ1) is 30.1. The molecule has 9 rings (SSSR count). The molecule has 0 spiro atoms. The van der Waals surface area contributed by atoms with Crippen molar-refractivity contribution < 1.29 is 0 Å². The van der Waals surface area contributed by atoms with Crippen LogP contribution in [0.25, 0.3) is 72.3 Å². The molecule has 4 heteroatoms. The predicted molar refractivity (Wildman–Crippen MR) is 209 cm³/mol. The average molecular weight is 645 g/mol. The standard InChI is InChI=1S/C46H36N4/c1-30-26-36(42-10-4-2-3-5-23-47-42)18-14-31-13-17-35(28-40(30)31)34-19-21-44-37(27-34)20-22-43(50-44)33-15-11-32(12-16-33)41-29-38-8-6-24-48-45(38)46-39(41)9-7-25-49-46/h2-3,5-9,11-25,27-30,36H,4,10,26H2,1H3/b3-2-,23-5-,47-42+. The molecule has 2 aliphatic rings. The summed E-state index contributed by atoms with van der Waals surface area (Å²) in [6.45, 7) is 2.36. The minimum atomic E-state index is 0.363. The van der Waals surface area contributed by atoms with Gasteiger partial charge in [-0.05, 0) is 101 Å².